The molecule has 8 heteroatoms. The van der Waals surface area contributed by atoms with E-state index in [0.717, 1.165) is 12.2 Å². The molecule has 0 aliphatic rings. The van der Waals surface area contributed by atoms with Crippen LogP contribution in [0.3, 0.4) is 0 Å². The van der Waals surface area contributed by atoms with Crippen molar-refractivity contribution in [3.63, 3.8) is 0 Å². The number of carboxylic acid groups (broad SMARTS) is 2. The molecule has 8 nitrogen and oxygen atoms in total. The van der Waals surface area contributed by atoms with Crippen molar-refractivity contribution in [2.24, 2.45) is 10.8 Å². The molecule has 0 aliphatic heterocycles. The van der Waals surface area contributed by atoms with Gasteiger partial charge in [0.15, 0.2) is 0 Å². The molecule has 0 aromatic carbocycles. The van der Waals surface area contributed by atoms with Gasteiger partial charge in [-0.05, 0) is 13.8 Å². The fourth-order valence-corrected chi connectivity index (χ4v) is 2.35. The van der Waals surface area contributed by atoms with Crippen LogP contribution in [-0.4, -0.2) is 71.0 Å². The molecule has 0 spiro atoms. The maximum Gasteiger partial charge on any atom is 0.330 e. The fraction of sp³-hybridized carbons (Fsp3) is 0.600. The lowest BCUT2D eigenvalue weighted by atomic mass is 9.63. The largest absolute Gasteiger partial charge is 0.478 e. The Balaban J connectivity index is 6.56. The molecule has 0 unspecified atom stereocenters. The first kappa shape index (κ1) is 21.3. The van der Waals surface area contributed by atoms with E-state index in [4.69, 9.17) is 14.9 Å². The van der Waals surface area contributed by atoms with Crippen LogP contribution >= 0.6 is 0 Å². The van der Waals surface area contributed by atoms with Gasteiger partial charge in [-0.2, -0.15) is 0 Å². The van der Waals surface area contributed by atoms with Crippen molar-refractivity contribution in [3.8, 4) is 0 Å². The van der Waals surface area contributed by atoms with Crippen molar-refractivity contribution < 1.29 is 39.9 Å². The van der Waals surface area contributed by atoms with Crippen LogP contribution in [0, 0.1) is 10.8 Å². The Hall–Kier alpha value is -1.74. The zero-order valence-electron chi connectivity index (χ0n) is 13.4. The molecule has 0 saturated heterocycles. The van der Waals surface area contributed by atoms with Crippen LogP contribution in [0.1, 0.15) is 13.8 Å². The lowest BCUT2D eigenvalue weighted by molar-refractivity contribution is -0.133. The molecule has 0 saturated carbocycles. The van der Waals surface area contributed by atoms with Crippen molar-refractivity contribution in [2.75, 3.05) is 33.5 Å². The molecule has 0 rings (SSSR count). The number of aliphatic hydroxyl groups excluding tert-OH is 3. The first-order chi connectivity index (χ1) is 10.6. The lowest BCUT2D eigenvalue weighted by Gasteiger charge is -2.44. The van der Waals surface area contributed by atoms with Crippen LogP contribution < -0.4 is 0 Å². The minimum absolute atomic E-state index is 0.170. The summed E-state index contributed by atoms with van der Waals surface area (Å²) >= 11 is 0. The summed E-state index contributed by atoms with van der Waals surface area (Å²) in [7, 11) is 1.31. The number of hydrogen-bond donors (Lipinski definition) is 5. The minimum Gasteiger partial charge on any atom is -0.478 e. The number of ether oxygens (including phenoxy) is 1. The van der Waals surface area contributed by atoms with Gasteiger partial charge < -0.3 is 30.3 Å². The Morgan fingerprint density at radius 3 is 1.52 bits per heavy atom. The van der Waals surface area contributed by atoms with Gasteiger partial charge in [0.25, 0.3) is 0 Å². The summed E-state index contributed by atoms with van der Waals surface area (Å²) in [6.07, 6.45) is 2.26. The van der Waals surface area contributed by atoms with E-state index in [9.17, 15) is 24.9 Å². The second-order valence-corrected chi connectivity index (χ2v) is 5.49. The molecule has 0 amide bonds. The Morgan fingerprint density at radius 1 is 0.913 bits per heavy atom. The first-order valence-corrected chi connectivity index (χ1v) is 6.82. The third kappa shape index (κ3) is 4.61. The van der Waals surface area contributed by atoms with Crippen LogP contribution in [-0.2, 0) is 14.3 Å². The van der Waals surface area contributed by atoms with Gasteiger partial charge in [-0.3, -0.25) is 0 Å². The van der Waals surface area contributed by atoms with E-state index < -0.39 is 42.6 Å². The van der Waals surface area contributed by atoms with Crippen molar-refractivity contribution in [2.45, 2.75) is 13.8 Å². The molecule has 0 aromatic heterocycles. The Kier molecular flexibility index (Phi) is 8.11. The van der Waals surface area contributed by atoms with E-state index in [2.05, 4.69) is 0 Å². The Bertz CT molecular complexity index is 458. The number of aliphatic hydroxyl groups is 3. The number of methoxy groups -OCH3 is 1. The molecule has 0 atom stereocenters. The van der Waals surface area contributed by atoms with Gasteiger partial charge >= 0.3 is 11.9 Å². The van der Waals surface area contributed by atoms with Crippen LogP contribution in [0.25, 0.3) is 0 Å². The quantitative estimate of drug-likeness (QED) is 0.341. The topological polar surface area (TPSA) is 145 Å². The van der Waals surface area contributed by atoms with Crippen LogP contribution in [0.4, 0.5) is 0 Å². The molecule has 0 radical (unpaired) electrons. The van der Waals surface area contributed by atoms with Gasteiger partial charge in [-0.25, -0.2) is 9.59 Å². The lowest BCUT2D eigenvalue weighted by Crippen LogP contribution is -2.51. The molecule has 23 heavy (non-hydrogen) atoms. The average Bonchev–Trinajstić information content (AvgIpc) is 2.51. The zero-order chi connectivity index (χ0) is 18.3. The third-order valence-electron chi connectivity index (χ3n) is 3.90. The summed E-state index contributed by atoms with van der Waals surface area (Å²) in [5.74, 6) is -2.54. The summed E-state index contributed by atoms with van der Waals surface area (Å²) in [5, 5.41) is 47.6. The number of aliphatic carboxylic acids is 2. The van der Waals surface area contributed by atoms with E-state index >= 15 is 0 Å². The average molecular weight is 332 g/mol. The maximum absolute atomic E-state index is 11.1. The van der Waals surface area contributed by atoms with Crippen molar-refractivity contribution in [1.82, 2.24) is 0 Å². The van der Waals surface area contributed by atoms with Crippen molar-refractivity contribution in [3.05, 3.63) is 23.3 Å². The van der Waals surface area contributed by atoms with Crippen molar-refractivity contribution in [1.29, 1.82) is 0 Å². The highest BCUT2D eigenvalue weighted by atomic mass is 16.5. The maximum atomic E-state index is 11.1. The standard InChI is InChI=1S/C15H24O8/c1-10(12(19)20)4-14(6-16,5-11(2)13(21)22)15(7-17,8-18)9-23-3/h4-5,16-18H,6-9H2,1-3H3,(H,19,20)(H,21,22). The fourth-order valence-electron chi connectivity index (χ4n) is 2.35. The normalized spacial score (nSPS) is 16.1. The number of carbonyl (C=O) groups is 2. The second-order valence-electron chi connectivity index (χ2n) is 5.49. The monoisotopic (exact) mass is 332 g/mol. The number of carboxylic acids is 2. The smallest absolute Gasteiger partial charge is 0.330 e. The predicted octanol–water partition coefficient (Wildman–Crippen LogP) is -0.356. The molecular weight excluding hydrogens is 308 g/mol. The highest BCUT2D eigenvalue weighted by Gasteiger charge is 2.49. The number of hydrogen-bond acceptors (Lipinski definition) is 6. The molecule has 0 aliphatic carbocycles. The van der Waals surface area contributed by atoms with Crippen LogP contribution in [0.5, 0.6) is 0 Å². The van der Waals surface area contributed by atoms with Gasteiger partial charge in [-0.1, -0.05) is 12.2 Å². The summed E-state index contributed by atoms with van der Waals surface area (Å²) in [6.45, 7) is 0.251. The predicted molar refractivity (Wildman–Crippen MR) is 80.8 cm³/mol. The molecule has 5 N–H and O–H groups in total. The van der Waals surface area contributed by atoms with Gasteiger partial charge in [0.1, 0.15) is 0 Å². The van der Waals surface area contributed by atoms with E-state index in [-0.39, 0.29) is 17.8 Å². The zero-order valence-corrected chi connectivity index (χ0v) is 13.4. The minimum atomic E-state index is -1.64. The summed E-state index contributed by atoms with van der Waals surface area (Å²) in [6, 6.07) is 0. The van der Waals surface area contributed by atoms with Crippen molar-refractivity contribution >= 4 is 11.9 Å². The molecule has 0 aromatic rings. The summed E-state index contributed by atoms with van der Waals surface area (Å²) in [5.41, 5.74) is -3.49. The van der Waals surface area contributed by atoms with E-state index in [0.29, 0.717) is 0 Å². The first-order valence-electron chi connectivity index (χ1n) is 6.82. The van der Waals surface area contributed by atoms with E-state index in [1.807, 2.05) is 0 Å². The van der Waals surface area contributed by atoms with Gasteiger partial charge in [-0.15, -0.1) is 0 Å². The molecule has 0 heterocycles. The molecular formula is C15H24O8. The van der Waals surface area contributed by atoms with E-state index in [1.54, 1.807) is 0 Å². The van der Waals surface area contributed by atoms with E-state index in [1.165, 1.54) is 21.0 Å². The Morgan fingerprint density at radius 2 is 1.30 bits per heavy atom. The summed E-state index contributed by atoms with van der Waals surface area (Å²) in [4.78, 5) is 22.3. The van der Waals surface area contributed by atoms with Gasteiger partial charge in [0, 0.05) is 23.7 Å². The third-order valence-corrected chi connectivity index (χ3v) is 3.90. The van der Waals surface area contributed by atoms with Crippen LogP contribution in [0.15, 0.2) is 23.3 Å². The molecule has 0 bridgehead atoms. The highest BCUT2D eigenvalue weighted by Crippen LogP contribution is 2.43. The number of rotatable bonds is 10. The van der Waals surface area contributed by atoms with Crippen LogP contribution in [0.2, 0.25) is 0 Å². The SMILES string of the molecule is COCC(CO)(CO)C(C=C(C)C(=O)O)(C=C(C)C(=O)O)CO. The Labute approximate surface area is 134 Å². The van der Waals surface area contributed by atoms with Gasteiger partial charge in [0.05, 0.1) is 31.8 Å². The van der Waals surface area contributed by atoms with Gasteiger partial charge in [0.2, 0.25) is 0 Å². The molecule has 132 valence electrons. The highest BCUT2D eigenvalue weighted by molar-refractivity contribution is 5.87. The second kappa shape index (κ2) is 8.78. The molecule has 0 fully saturated rings. The summed E-state index contributed by atoms with van der Waals surface area (Å²) < 4.78 is 5.00.